The molecule has 0 radical (unpaired) electrons. The molecule has 0 unspecified atom stereocenters. The highest BCUT2D eigenvalue weighted by Crippen LogP contribution is 2.25. The Hall–Kier alpha value is -1.41. The van der Waals surface area contributed by atoms with Gasteiger partial charge in [-0.25, -0.2) is 8.42 Å². The monoisotopic (exact) mass is 398 g/mol. The molecule has 1 heterocycles. The van der Waals surface area contributed by atoms with E-state index in [0.29, 0.717) is 37.1 Å². The molecule has 1 amide bonds. The fourth-order valence-electron chi connectivity index (χ4n) is 4.15. The highest BCUT2D eigenvalue weighted by molar-refractivity contribution is 7.89. The van der Waals surface area contributed by atoms with Crippen LogP contribution in [0.15, 0.2) is 4.90 Å². The third-order valence-electron chi connectivity index (χ3n) is 5.58. The van der Waals surface area contributed by atoms with Crippen LogP contribution in [0.2, 0.25) is 0 Å². The fraction of sp³-hybridized carbons (Fsp3) is 0.789. The summed E-state index contributed by atoms with van der Waals surface area (Å²) in [6, 6.07) is 0.298. The molecule has 0 atom stereocenters. The summed E-state index contributed by atoms with van der Waals surface area (Å²) < 4.78 is 28.9. The number of amides is 1. The zero-order valence-electron chi connectivity index (χ0n) is 17.4. The van der Waals surface area contributed by atoms with Gasteiger partial charge in [0.15, 0.2) is 0 Å². The molecule has 1 aromatic rings. The van der Waals surface area contributed by atoms with Crippen LogP contribution in [0, 0.1) is 13.8 Å². The zero-order valence-corrected chi connectivity index (χ0v) is 18.2. The molecule has 2 rings (SSSR count). The molecular weight excluding hydrogens is 364 g/mol. The highest BCUT2D eigenvalue weighted by atomic mass is 32.2. The van der Waals surface area contributed by atoms with Crippen molar-refractivity contribution in [1.82, 2.24) is 19.0 Å². The summed E-state index contributed by atoms with van der Waals surface area (Å²) in [5.41, 5.74) is 0.986. The predicted molar refractivity (Wildman–Crippen MR) is 106 cm³/mol. The van der Waals surface area contributed by atoms with Crippen molar-refractivity contribution in [2.75, 3.05) is 19.6 Å². The van der Waals surface area contributed by atoms with E-state index in [4.69, 9.17) is 0 Å². The maximum atomic E-state index is 12.9. The Morgan fingerprint density at radius 3 is 2.19 bits per heavy atom. The van der Waals surface area contributed by atoms with Crippen molar-refractivity contribution in [3.63, 3.8) is 0 Å². The molecule has 27 heavy (non-hydrogen) atoms. The number of likely N-dealkylation sites (N-methyl/N-ethyl adjacent to an activating group) is 1. The maximum Gasteiger partial charge on any atom is 0.246 e. The number of sulfonamides is 1. The van der Waals surface area contributed by atoms with Gasteiger partial charge < -0.3 is 4.90 Å². The summed E-state index contributed by atoms with van der Waals surface area (Å²) in [5, 5.41) is 4.39. The number of carbonyl (C=O) groups is 1. The molecule has 154 valence electrons. The lowest BCUT2D eigenvalue weighted by molar-refractivity contribution is -0.134. The Morgan fingerprint density at radius 1 is 1.07 bits per heavy atom. The van der Waals surface area contributed by atoms with Crippen molar-refractivity contribution in [3.05, 3.63) is 11.4 Å². The van der Waals surface area contributed by atoms with Crippen molar-refractivity contribution in [2.45, 2.75) is 84.2 Å². The minimum Gasteiger partial charge on any atom is -0.338 e. The van der Waals surface area contributed by atoms with E-state index < -0.39 is 10.0 Å². The van der Waals surface area contributed by atoms with Crippen molar-refractivity contribution < 1.29 is 13.2 Å². The van der Waals surface area contributed by atoms with Crippen molar-refractivity contribution in [1.29, 1.82) is 0 Å². The van der Waals surface area contributed by atoms with Gasteiger partial charge in [-0.2, -0.15) is 9.40 Å². The predicted octanol–water partition coefficient (Wildman–Crippen LogP) is 2.71. The van der Waals surface area contributed by atoms with Crippen LogP contribution in [-0.2, 0) is 21.4 Å². The largest absolute Gasteiger partial charge is 0.338 e. The number of rotatable bonds is 8. The standard InChI is InChI=1S/C19H34N4O3S/c1-6-21(7-2)27(25,26)19-15(4)20-23(16(19)5)14-18(24)22(8-3)17-12-10-9-11-13-17/h17H,6-14H2,1-5H3. The van der Waals surface area contributed by atoms with Crippen LogP contribution >= 0.6 is 0 Å². The van der Waals surface area contributed by atoms with E-state index in [1.807, 2.05) is 25.7 Å². The van der Waals surface area contributed by atoms with E-state index in [-0.39, 0.29) is 17.3 Å². The van der Waals surface area contributed by atoms with Gasteiger partial charge in [0.2, 0.25) is 15.9 Å². The summed E-state index contributed by atoms with van der Waals surface area (Å²) in [6.45, 7) is 10.7. The molecule has 0 bridgehead atoms. The lowest BCUT2D eigenvalue weighted by Crippen LogP contribution is -2.43. The first-order chi connectivity index (χ1) is 12.8. The van der Waals surface area contributed by atoms with Gasteiger partial charge in [-0.1, -0.05) is 33.1 Å². The van der Waals surface area contributed by atoms with E-state index in [1.54, 1.807) is 18.5 Å². The smallest absolute Gasteiger partial charge is 0.246 e. The van der Waals surface area contributed by atoms with Gasteiger partial charge in [0.25, 0.3) is 0 Å². The van der Waals surface area contributed by atoms with E-state index in [9.17, 15) is 13.2 Å². The lowest BCUT2D eigenvalue weighted by atomic mass is 9.94. The normalized spacial score (nSPS) is 16.1. The van der Waals surface area contributed by atoms with Gasteiger partial charge in [-0.15, -0.1) is 0 Å². The minimum atomic E-state index is -3.60. The summed E-state index contributed by atoms with van der Waals surface area (Å²) in [7, 11) is -3.60. The van der Waals surface area contributed by atoms with Gasteiger partial charge in [0.05, 0.1) is 11.4 Å². The van der Waals surface area contributed by atoms with E-state index in [2.05, 4.69) is 5.10 Å². The van der Waals surface area contributed by atoms with Crippen LogP contribution in [0.5, 0.6) is 0 Å². The van der Waals surface area contributed by atoms with Gasteiger partial charge in [0, 0.05) is 25.7 Å². The van der Waals surface area contributed by atoms with Gasteiger partial charge >= 0.3 is 0 Å². The Labute approximate surface area is 163 Å². The fourth-order valence-corrected chi connectivity index (χ4v) is 5.98. The number of carbonyl (C=O) groups excluding carboxylic acids is 1. The quantitative estimate of drug-likeness (QED) is 0.675. The Balaban J connectivity index is 2.26. The van der Waals surface area contributed by atoms with Gasteiger partial charge in [-0.3, -0.25) is 9.48 Å². The van der Waals surface area contributed by atoms with Crippen LogP contribution in [-0.4, -0.2) is 59.0 Å². The van der Waals surface area contributed by atoms with Crippen molar-refractivity contribution >= 4 is 15.9 Å². The first kappa shape index (κ1) is 21.9. The summed E-state index contributed by atoms with van der Waals surface area (Å²) in [4.78, 5) is 15.1. The molecule has 1 saturated carbocycles. The molecule has 8 heteroatoms. The van der Waals surface area contributed by atoms with Crippen molar-refractivity contribution in [2.24, 2.45) is 0 Å². The second-order valence-electron chi connectivity index (χ2n) is 7.22. The number of aromatic nitrogens is 2. The van der Waals surface area contributed by atoms with Crippen LogP contribution in [0.3, 0.4) is 0 Å². The first-order valence-electron chi connectivity index (χ1n) is 10.1. The number of aryl methyl sites for hydroxylation is 1. The van der Waals surface area contributed by atoms with Crippen LogP contribution in [0.25, 0.3) is 0 Å². The van der Waals surface area contributed by atoms with E-state index >= 15 is 0 Å². The van der Waals surface area contributed by atoms with Gasteiger partial charge in [0.1, 0.15) is 11.4 Å². The molecule has 0 spiro atoms. The van der Waals surface area contributed by atoms with Crippen LogP contribution < -0.4 is 0 Å². The third kappa shape index (κ3) is 4.54. The first-order valence-corrected chi connectivity index (χ1v) is 11.5. The molecule has 1 fully saturated rings. The highest BCUT2D eigenvalue weighted by Gasteiger charge is 2.31. The van der Waals surface area contributed by atoms with E-state index in [0.717, 1.165) is 12.8 Å². The van der Waals surface area contributed by atoms with Gasteiger partial charge in [-0.05, 0) is 33.6 Å². The third-order valence-corrected chi connectivity index (χ3v) is 7.88. The van der Waals surface area contributed by atoms with Crippen LogP contribution in [0.1, 0.15) is 64.3 Å². The molecule has 7 nitrogen and oxygen atoms in total. The molecule has 0 aliphatic heterocycles. The molecule has 0 N–H and O–H groups in total. The number of hydrogen-bond donors (Lipinski definition) is 0. The lowest BCUT2D eigenvalue weighted by Gasteiger charge is -2.33. The minimum absolute atomic E-state index is 0.0155. The van der Waals surface area contributed by atoms with Crippen LogP contribution in [0.4, 0.5) is 0 Å². The SMILES string of the molecule is CCN(C(=O)Cn1nc(C)c(S(=O)(=O)N(CC)CC)c1C)C1CCCCC1. The Kier molecular flexibility index (Phi) is 7.45. The van der Waals surface area contributed by atoms with E-state index in [1.165, 1.54) is 23.6 Å². The second-order valence-corrected chi connectivity index (χ2v) is 9.09. The Morgan fingerprint density at radius 2 is 1.67 bits per heavy atom. The maximum absolute atomic E-state index is 12.9. The summed E-state index contributed by atoms with van der Waals surface area (Å²) in [6.07, 6.45) is 5.68. The number of hydrogen-bond acceptors (Lipinski definition) is 4. The Bertz CT molecular complexity index is 747. The zero-order chi connectivity index (χ0) is 20.2. The molecule has 1 aliphatic rings. The summed E-state index contributed by atoms with van der Waals surface area (Å²) >= 11 is 0. The molecular formula is C19H34N4O3S. The molecule has 0 aromatic carbocycles. The molecule has 1 aliphatic carbocycles. The second kappa shape index (κ2) is 9.19. The summed E-state index contributed by atoms with van der Waals surface area (Å²) in [5.74, 6) is 0.0155. The molecule has 1 aromatic heterocycles. The average Bonchev–Trinajstić information content (AvgIpc) is 2.91. The molecule has 0 saturated heterocycles. The van der Waals surface area contributed by atoms with Crippen molar-refractivity contribution in [3.8, 4) is 0 Å². The number of nitrogens with zero attached hydrogens (tertiary/aromatic N) is 4. The topological polar surface area (TPSA) is 75.5 Å². The average molecular weight is 399 g/mol.